The van der Waals surface area contributed by atoms with E-state index < -0.39 is 6.10 Å². The topological polar surface area (TPSA) is 46.0 Å². The van der Waals surface area contributed by atoms with Gasteiger partial charge in [-0.15, -0.1) is 11.3 Å². The molecule has 0 aliphatic carbocycles. The molecular weight excluding hydrogens is 220 g/mol. The summed E-state index contributed by atoms with van der Waals surface area (Å²) in [4.78, 5) is 2.15. The minimum absolute atomic E-state index is 0.590. The van der Waals surface area contributed by atoms with Gasteiger partial charge in [0.15, 0.2) is 0 Å². The van der Waals surface area contributed by atoms with Crippen molar-refractivity contribution < 1.29 is 5.11 Å². The molecule has 84 valence electrons. The molecule has 1 atom stereocenters. The highest BCUT2D eigenvalue weighted by Gasteiger charge is 2.15. The van der Waals surface area contributed by atoms with Crippen molar-refractivity contribution in [2.45, 2.75) is 26.9 Å². The SMILES string of the molecule is Cc1cc(C(O)c2ccc(C)s2)c(C)nn1. The number of aliphatic hydroxyl groups is 1. The van der Waals surface area contributed by atoms with Crippen molar-refractivity contribution in [3.05, 3.63) is 44.9 Å². The van der Waals surface area contributed by atoms with Crippen LogP contribution < -0.4 is 0 Å². The Kier molecular flexibility index (Phi) is 3.03. The average molecular weight is 234 g/mol. The van der Waals surface area contributed by atoms with E-state index in [0.717, 1.165) is 21.8 Å². The number of hydrogen-bond donors (Lipinski definition) is 1. The highest BCUT2D eigenvalue weighted by molar-refractivity contribution is 7.12. The monoisotopic (exact) mass is 234 g/mol. The van der Waals surface area contributed by atoms with Crippen molar-refractivity contribution >= 4 is 11.3 Å². The van der Waals surface area contributed by atoms with Gasteiger partial charge in [0.05, 0.1) is 11.4 Å². The van der Waals surface area contributed by atoms with Crippen LogP contribution in [0.3, 0.4) is 0 Å². The molecule has 2 aromatic rings. The largest absolute Gasteiger partial charge is 0.383 e. The first-order valence-corrected chi connectivity index (χ1v) is 5.95. The van der Waals surface area contributed by atoms with E-state index in [4.69, 9.17) is 0 Å². The summed E-state index contributed by atoms with van der Waals surface area (Å²) in [5.41, 5.74) is 2.45. The third-order valence-corrected chi connectivity index (χ3v) is 3.52. The zero-order valence-electron chi connectivity index (χ0n) is 9.56. The van der Waals surface area contributed by atoms with Gasteiger partial charge in [-0.05, 0) is 39.0 Å². The molecule has 0 aromatic carbocycles. The van der Waals surface area contributed by atoms with Crippen LogP contribution in [0.1, 0.15) is 32.8 Å². The van der Waals surface area contributed by atoms with Crippen LogP contribution >= 0.6 is 11.3 Å². The second-order valence-corrected chi connectivity index (χ2v) is 5.20. The fraction of sp³-hybridized carbons (Fsp3) is 0.333. The van der Waals surface area contributed by atoms with E-state index >= 15 is 0 Å². The summed E-state index contributed by atoms with van der Waals surface area (Å²) in [7, 11) is 0. The first kappa shape index (κ1) is 11.2. The average Bonchev–Trinajstić information content (AvgIpc) is 2.67. The molecule has 3 nitrogen and oxygen atoms in total. The Hall–Kier alpha value is -1.26. The first-order valence-electron chi connectivity index (χ1n) is 5.13. The highest BCUT2D eigenvalue weighted by atomic mass is 32.1. The predicted octanol–water partition coefficient (Wildman–Crippen LogP) is 2.55. The molecule has 0 aliphatic heterocycles. The van der Waals surface area contributed by atoms with Crippen molar-refractivity contribution in [2.24, 2.45) is 0 Å². The molecule has 2 heterocycles. The molecule has 1 unspecified atom stereocenters. The van der Waals surface area contributed by atoms with Gasteiger partial charge >= 0.3 is 0 Å². The second-order valence-electron chi connectivity index (χ2n) is 3.88. The maximum atomic E-state index is 10.3. The summed E-state index contributed by atoms with van der Waals surface area (Å²) >= 11 is 1.61. The van der Waals surface area contributed by atoms with Crippen LogP contribution in [0.5, 0.6) is 0 Å². The molecule has 0 spiro atoms. The molecule has 1 N–H and O–H groups in total. The van der Waals surface area contributed by atoms with Crippen LogP contribution in [-0.4, -0.2) is 15.3 Å². The second kappa shape index (κ2) is 4.31. The van der Waals surface area contributed by atoms with E-state index in [-0.39, 0.29) is 0 Å². The molecular formula is C12H14N2OS. The van der Waals surface area contributed by atoms with Crippen molar-refractivity contribution in [1.29, 1.82) is 0 Å². The van der Waals surface area contributed by atoms with E-state index in [1.54, 1.807) is 11.3 Å². The summed E-state index contributed by atoms with van der Waals surface area (Å²) < 4.78 is 0. The normalized spacial score (nSPS) is 12.8. The van der Waals surface area contributed by atoms with Gasteiger partial charge < -0.3 is 5.11 Å². The lowest BCUT2D eigenvalue weighted by molar-refractivity contribution is 0.222. The first-order chi connectivity index (χ1) is 7.58. The van der Waals surface area contributed by atoms with Crippen molar-refractivity contribution in [1.82, 2.24) is 10.2 Å². The van der Waals surface area contributed by atoms with Gasteiger partial charge in [0.2, 0.25) is 0 Å². The molecule has 16 heavy (non-hydrogen) atoms. The maximum absolute atomic E-state index is 10.3. The van der Waals surface area contributed by atoms with E-state index in [0.29, 0.717) is 0 Å². The van der Waals surface area contributed by atoms with Gasteiger partial charge in [-0.2, -0.15) is 10.2 Å². The summed E-state index contributed by atoms with van der Waals surface area (Å²) in [5, 5.41) is 18.2. The number of thiophene rings is 1. The summed E-state index contributed by atoms with van der Waals surface area (Å²) in [6.07, 6.45) is -0.590. The van der Waals surface area contributed by atoms with E-state index in [1.165, 1.54) is 4.88 Å². The van der Waals surface area contributed by atoms with Gasteiger partial charge in [-0.1, -0.05) is 0 Å². The third kappa shape index (κ3) is 2.13. The van der Waals surface area contributed by atoms with Gasteiger partial charge in [-0.25, -0.2) is 0 Å². The molecule has 0 bridgehead atoms. The number of aryl methyl sites for hydroxylation is 3. The smallest absolute Gasteiger partial charge is 0.115 e. The van der Waals surface area contributed by atoms with Crippen molar-refractivity contribution in [2.75, 3.05) is 0 Å². The summed E-state index contributed by atoms with van der Waals surface area (Å²) in [6.45, 7) is 5.78. The Morgan fingerprint density at radius 3 is 2.56 bits per heavy atom. The van der Waals surface area contributed by atoms with Crippen molar-refractivity contribution in [3.63, 3.8) is 0 Å². The molecule has 0 aliphatic rings. The number of hydrogen-bond acceptors (Lipinski definition) is 4. The zero-order valence-corrected chi connectivity index (χ0v) is 10.4. The fourth-order valence-electron chi connectivity index (χ4n) is 1.60. The Morgan fingerprint density at radius 2 is 1.94 bits per heavy atom. The summed E-state index contributed by atoms with van der Waals surface area (Å²) in [5.74, 6) is 0. The lowest BCUT2D eigenvalue weighted by Gasteiger charge is -2.11. The Bertz CT molecular complexity index is 507. The quantitative estimate of drug-likeness (QED) is 0.868. The van der Waals surface area contributed by atoms with Crippen LogP contribution in [-0.2, 0) is 0 Å². The minimum atomic E-state index is -0.590. The lowest BCUT2D eigenvalue weighted by Crippen LogP contribution is -2.04. The van der Waals surface area contributed by atoms with Crippen LogP contribution in [0.25, 0.3) is 0 Å². The minimum Gasteiger partial charge on any atom is -0.383 e. The van der Waals surface area contributed by atoms with Crippen LogP contribution in [0, 0.1) is 20.8 Å². The number of nitrogens with zero attached hydrogens (tertiary/aromatic N) is 2. The molecule has 2 aromatic heterocycles. The van der Waals surface area contributed by atoms with Crippen LogP contribution in [0.2, 0.25) is 0 Å². The molecule has 0 saturated carbocycles. The van der Waals surface area contributed by atoms with Gasteiger partial charge in [0.25, 0.3) is 0 Å². The Morgan fingerprint density at radius 1 is 1.19 bits per heavy atom. The Balaban J connectivity index is 2.40. The molecule has 0 amide bonds. The zero-order chi connectivity index (χ0) is 11.7. The Labute approximate surface area is 98.8 Å². The molecule has 2 rings (SSSR count). The predicted molar refractivity (Wildman–Crippen MR) is 64.6 cm³/mol. The number of rotatable bonds is 2. The van der Waals surface area contributed by atoms with Gasteiger partial charge in [0.1, 0.15) is 6.10 Å². The molecule has 0 fully saturated rings. The highest BCUT2D eigenvalue weighted by Crippen LogP contribution is 2.29. The van der Waals surface area contributed by atoms with Gasteiger partial charge in [0, 0.05) is 15.3 Å². The molecule has 0 radical (unpaired) electrons. The standard InChI is InChI=1S/C12H14N2OS/c1-7-6-10(9(3)14-13-7)12(15)11-5-4-8(2)16-11/h4-6,12,15H,1-3H3. The third-order valence-electron chi connectivity index (χ3n) is 2.47. The fourth-order valence-corrected chi connectivity index (χ4v) is 2.48. The molecule has 0 saturated heterocycles. The number of aromatic nitrogens is 2. The van der Waals surface area contributed by atoms with E-state index in [9.17, 15) is 5.11 Å². The van der Waals surface area contributed by atoms with Crippen LogP contribution in [0.15, 0.2) is 18.2 Å². The number of aliphatic hydroxyl groups excluding tert-OH is 1. The van der Waals surface area contributed by atoms with E-state index in [2.05, 4.69) is 10.2 Å². The lowest BCUT2D eigenvalue weighted by atomic mass is 10.1. The van der Waals surface area contributed by atoms with E-state index in [1.807, 2.05) is 39.0 Å². The maximum Gasteiger partial charge on any atom is 0.115 e. The molecule has 4 heteroatoms. The van der Waals surface area contributed by atoms with Crippen LogP contribution in [0.4, 0.5) is 0 Å². The van der Waals surface area contributed by atoms with Crippen molar-refractivity contribution in [3.8, 4) is 0 Å². The summed E-state index contributed by atoms with van der Waals surface area (Å²) in [6, 6.07) is 5.86. The van der Waals surface area contributed by atoms with Gasteiger partial charge in [-0.3, -0.25) is 0 Å².